The largest absolute Gasteiger partial charge is 0.662 e. The van der Waals surface area contributed by atoms with Crippen LogP contribution >= 0.6 is 0 Å². The molecule has 0 spiro atoms. The molecule has 0 saturated heterocycles. The fourth-order valence-electron chi connectivity index (χ4n) is 3.71. The number of rotatable bonds is 2. The summed E-state index contributed by atoms with van der Waals surface area (Å²) in [6, 6.07) is 10.3. The van der Waals surface area contributed by atoms with Crippen LogP contribution in [0.4, 0.5) is 0 Å². The van der Waals surface area contributed by atoms with E-state index in [0.29, 0.717) is 18.3 Å². The van der Waals surface area contributed by atoms with E-state index >= 15 is 0 Å². The zero-order valence-corrected chi connectivity index (χ0v) is 17.3. The zero-order chi connectivity index (χ0) is 17.0. The quantitative estimate of drug-likeness (QED) is 0.448. The van der Waals surface area contributed by atoms with Gasteiger partial charge in [-0.05, 0) is 35.2 Å². The molecule has 3 heterocycles. The summed E-state index contributed by atoms with van der Waals surface area (Å²) in [7, 11) is 5.22. The second-order valence-electron chi connectivity index (χ2n) is 6.21. The minimum absolute atomic E-state index is 0. The Kier molecular flexibility index (Phi) is 5.64. The molecule has 5 rings (SSSR count). The van der Waals surface area contributed by atoms with Crippen molar-refractivity contribution in [3.05, 3.63) is 49.2 Å². The Morgan fingerprint density at radius 1 is 1.11 bits per heavy atom. The Balaban J connectivity index is 0.00000105. The first kappa shape index (κ1) is 19.9. The molecule has 2 aliphatic rings. The smallest absolute Gasteiger partial charge is 0.231 e. The number of nitrogens with zero attached hydrogens (tertiary/aromatic N) is 1. The van der Waals surface area contributed by atoms with Crippen LogP contribution in [0.5, 0.6) is 23.0 Å². The molecule has 0 bridgehead atoms. The first-order valence-corrected chi connectivity index (χ1v) is 8.17. The van der Waals surface area contributed by atoms with E-state index in [1.807, 2.05) is 12.1 Å². The zero-order valence-electron chi connectivity index (χ0n) is 14.5. The minimum atomic E-state index is 0. The number of aromatic nitrogens is 1. The van der Waals surface area contributed by atoms with Crippen LogP contribution in [0.3, 0.4) is 0 Å². The van der Waals surface area contributed by atoms with Gasteiger partial charge < -0.3 is 18.9 Å². The third-order valence-corrected chi connectivity index (χ3v) is 4.94. The van der Waals surface area contributed by atoms with Crippen LogP contribution in [-0.2, 0) is 45.7 Å². The van der Waals surface area contributed by atoms with E-state index < -0.39 is 0 Å². The molecule has 3 aromatic rings. The van der Waals surface area contributed by atoms with E-state index in [1.165, 1.54) is 11.1 Å². The van der Waals surface area contributed by atoms with E-state index in [0.717, 1.165) is 40.9 Å². The third kappa shape index (κ3) is 3.07. The fourth-order valence-corrected chi connectivity index (χ4v) is 3.71. The molecule has 5 nitrogen and oxygen atoms in total. The Morgan fingerprint density at radius 3 is 2.63 bits per heavy atom. The molecule has 137 valence electrons. The summed E-state index contributed by atoms with van der Waals surface area (Å²) < 4.78 is 24.1. The van der Waals surface area contributed by atoms with Crippen molar-refractivity contribution >= 4 is 10.8 Å². The maximum absolute atomic E-state index is 5.56. The Hall–Kier alpha value is -1.85. The Labute approximate surface area is 184 Å². The average Bonchev–Trinajstić information content (AvgIpc) is 3.11. The van der Waals surface area contributed by atoms with Gasteiger partial charge in [0.25, 0.3) is 0 Å². The average molecular weight is 440 g/mol. The fraction of sp³-hybridized carbons (Fsp3) is 0.238. The monoisotopic (exact) mass is 440 g/mol. The third-order valence-electron chi connectivity index (χ3n) is 4.94. The van der Waals surface area contributed by atoms with Crippen LogP contribution in [0.2, 0.25) is 0 Å². The number of hydrogen-bond acceptors (Lipinski definition) is 4. The van der Waals surface area contributed by atoms with Gasteiger partial charge in [0.1, 0.15) is 5.75 Å². The van der Waals surface area contributed by atoms with E-state index in [-0.39, 0.29) is 40.1 Å². The molecule has 2 aliphatic heterocycles. The molecule has 0 N–H and O–H groups in total. The summed E-state index contributed by atoms with van der Waals surface area (Å²) >= 11 is 0. The van der Waals surface area contributed by atoms with Gasteiger partial charge in [0.15, 0.2) is 30.0 Å². The van der Waals surface area contributed by atoms with E-state index in [4.69, 9.17) is 18.9 Å². The summed E-state index contributed by atoms with van der Waals surface area (Å²) in [6.45, 7) is 1.19. The normalized spacial score (nSPS) is 13.1. The molecular weight excluding hydrogens is 419 g/mol. The molecule has 1 radical (unpaired) electrons. The molecule has 27 heavy (non-hydrogen) atoms. The van der Waals surface area contributed by atoms with Crippen molar-refractivity contribution in [2.45, 2.75) is 20.4 Å². The van der Waals surface area contributed by atoms with Gasteiger partial charge in [-0.15, -0.1) is 0 Å². The molecule has 0 saturated carbocycles. The van der Waals surface area contributed by atoms with Gasteiger partial charge in [0, 0.05) is 45.2 Å². The van der Waals surface area contributed by atoms with Gasteiger partial charge in [-0.1, -0.05) is 7.43 Å². The number of hydrogen-bond donors (Lipinski definition) is 0. The maximum atomic E-state index is 5.56. The van der Waals surface area contributed by atoms with Crippen molar-refractivity contribution in [1.82, 2.24) is 0 Å². The van der Waals surface area contributed by atoms with Gasteiger partial charge in [-0.25, -0.2) is 0 Å². The van der Waals surface area contributed by atoms with E-state index in [2.05, 4.69) is 36.1 Å². The molecular formula is C21H21NO4Y. The Morgan fingerprint density at radius 2 is 1.89 bits per heavy atom. The van der Waals surface area contributed by atoms with Crippen LogP contribution in [0.25, 0.3) is 22.0 Å². The van der Waals surface area contributed by atoms with Crippen molar-refractivity contribution < 1.29 is 56.2 Å². The number of ether oxygens (including phenoxy) is 4. The van der Waals surface area contributed by atoms with Gasteiger partial charge in [-0.2, -0.15) is 11.7 Å². The van der Waals surface area contributed by atoms with Gasteiger partial charge in [0.05, 0.1) is 18.1 Å². The molecule has 0 atom stereocenters. The second kappa shape index (κ2) is 7.65. The Bertz CT molecular complexity index is 1020. The predicted molar refractivity (Wildman–Crippen MR) is 98.7 cm³/mol. The number of methoxy groups -OCH3 is 1. The van der Waals surface area contributed by atoms with E-state index in [9.17, 15) is 0 Å². The topological polar surface area (TPSA) is 40.8 Å². The summed E-state index contributed by atoms with van der Waals surface area (Å²) in [6.07, 6.45) is 3.06. The van der Waals surface area contributed by atoms with Crippen LogP contribution in [0, 0.1) is 7.11 Å². The van der Waals surface area contributed by atoms with Gasteiger partial charge in [-0.3, -0.25) is 0 Å². The van der Waals surface area contributed by atoms with E-state index in [1.54, 1.807) is 7.11 Å². The summed E-state index contributed by atoms with van der Waals surface area (Å²) in [4.78, 5) is 0. The number of fused-ring (bicyclic) bond motifs is 5. The van der Waals surface area contributed by atoms with Crippen molar-refractivity contribution in [2.75, 3.05) is 13.9 Å². The minimum Gasteiger partial charge on any atom is -0.662 e. The predicted octanol–water partition coefficient (Wildman–Crippen LogP) is 3.89. The molecule has 0 unspecified atom stereocenters. The van der Waals surface area contributed by atoms with Crippen molar-refractivity contribution in [1.29, 1.82) is 0 Å². The first-order valence-electron chi connectivity index (χ1n) is 8.17. The SMILES string of the molecule is C.[CH2-]Oc1c(OC)ccc2cc3[n+](cc12)CCc1cc2c(cc1-3)OCO2.[Y]. The molecule has 0 fully saturated rings. The van der Waals surface area contributed by atoms with Crippen molar-refractivity contribution in [3.8, 4) is 34.3 Å². The summed E-state index contributed by atoms with van der Waals surface area (Å²) in [5.74, 6) is 2.99. The first-order chi connectivity index (χ1) is 12.3. The molecule has 0 aliphatic carbocycles. The van der Waals surface area contributed by atoms with Crippen LogP contribution in [0.1, 0.15) is 13.0 Å². The maximum Gasteiger partial charge on any atom is 0.231 e. The molecule has 0 amide bonds. The van der Waals surface area contributed by atoms with Gasteiger partial charge in [0.2, 0.25) is 12.5 Å². The van der Waals surface area contributed by atoms with Crippen molar-refractivity contribution in [3.63, 3.8) is 0 Å². The van der Waals surface area contributed by atoms with Gasteiger partial charge >= 0.3 is 0 Å². The van der Waals surface area contributed by atoms with Crippen LogP contribution in [-0.4, -0.2) is 13.9 Å². The number of pyridine rings is 1. The van der Waals surface area contributed by atoms with Crippen molar-refractivity contribution in [2.24, 2.45) is 0 Å². The molecule has 6 heteroatoms. The standard InChI is InChI=1S/C20H17NO4.CH4.Y/c1-22-17-4-3-12-7-16-14-9-19-18(24-11-25-19)8-13(14)5-6-21(16)10-15(12)20(17)23-2;;/h3-4,7-10H,2,5-6,11H2,1H3;1H4;. The van der Waals surface area contributed by atoms with Crippen LogP contribution in [0.15, 0.2) is 36.5 Å². The number of aryl methyl sites for hydroxylation is 2. The second-order valence-corrected chi connectivity index (χ2v) is 6.21. The molecule has 2 aromatic carbocycles. The summed E-state index contributed by atoms with van der Waals surface area (Å²) in [5, 5.41) is 2.07. The number of benzene rings is 2. The summed E-state index contributed by atoms with van der Waals surface area (Å²) in [5.41, 5.74) is 3.63. The van der Waals surface area contributed by atoms with Crippen LogP contribution < -0.4 is 23.5 Å². The molecule has 1 aromatic heterocycles.